The zero-order valence-electron chi connectivity index (χ0n) is 11.0. The second-order valence-electron chi connectivity index (χ2n) is 4.66. The average Bonchev–Trinajstić information content (AvgIpc) is 2.74. The lowest BCUT2D eigenvalue weighted by molar-refractivity contribution is 0.0697. The van der Waals surface area contributed by atoms with Crippen LogP contribution < -0.4 is 0 Å². The number of aryl methyl sites for hydroxylation is 1. The van der Waals surface area contributed by atoms with Crippen LogP contribution in [0.1, 0.15) is 10.4 Å². The van der Waals surface area contributed by atoms with E-state index in [1.54, 1.807) is 17.7 Å². The largest absolute Gasteiger partial charge is 0.478 e. The van der Waals surface area contributed by atoms with Crippen LogP contribution in [0, 0.1) is 11.6 Å². The predicted octanol–water partition coefficient (Wildman–Crippen LogP) is 3.22. The Bertz CT molecular complexity index is 851. The number of aromatic nitrogens is 2. The maximum atomic E-state index is 13.3. The number of benzene rings is 2. The Labute approximate surface area is 118 Å². The summed E-state index contributed by atoms with van der Waals surface area (Å²) in [6.45, 7) is 0. The Balaban J connectivity index is 2.23. The smallest absolute Gasteiger partial charge is 0.335 e. The van der Waals surface area contributed by atoms with Gasteiger partial charge in [0.2, 0.25) is 0 Å². The van der Waals surface area contributed by atoms with Crippen molar-refractivity contribution in [3.63, 3.8) is 0 Å². The van der Waals surface area contributed by atoms with E-state index in [2.05, 4.69) is 4.98 Å². The van der Waals surface area contributed by atoms with Crippen molar-refractivity contribution < 1.29 is 18.7 Å². The summed E-state index contributed by atoms with van der Waals surface area (Å²) in [5.74, 6) is -2.07. The molecule has 0 aliphatic rings. The maximum Gasteiger partial charge on any atom is 0.335 e. The molecule has 0 bridgehead atoms. The Morgan fingerprint density at radius 1 is 1.14 bits per heavy atom. The highest BCUT2D eigenvalue weighted by molar-refractivity contribution is 5.93. The molecule has 0 amide bonds. The molecule has 0 unspecified atom stereocenters. The molecule has 3 aromatic rings. The van der Waals surface area contributed by atoms with E-state index in [-0.39, 0.29) is 5.56 Å². The molecule has 0 fully saturated rings. The van der Waals surface area contributed by atoms with Gasteiger partial charge in [-0.25, -0.2) is 18.6 Å². The van der Waals surface area contributed by atoms with Gasteiger partial charge in [-0.3, -0.25) is 0 Å². The minimum atomic E-state index is -1.05. The topological polar surface area (TPSA) is 55.1 Å². The third-order valence-corrected chi connectivity index (χ3v) is 3.25. The number of carbonyl (C=O) groups is 1. The van der Waals surface area contributed by atoms with Crippen molar-refractivity contribution in [2.75, 3.05) is 0 Å². The molecule has 1 N–H and O–H groups in total. The van der Waals surface area contributed by atoms with Crippen molar-refractivity contribution in [3.05, 3.63) is 53.6 Å². The molecule has 0 radical (unpaired) electrons. The first-order valence-electron chi connectivity index (χ1n) is 6.12. The number of rotatable bonds is 2. The quantitative estimate of drug-likeness (QED) is 0.787. The van der Waals surface area contributed by atoms with Crippen LogP contribution >= 0.6 is 0 Å². The fourth-order valence-electron chi connectivity index (χ4n) is 2.27. The van der Waals surface area contributed by atoms with Crippen LogP contribution in [0.2, 0.25) is 0 Å². The van der Waals surface area contributed by atoms with E-state index in [0.717, 1.165) is 6.07 Å². The van der Waals surface area contributed by atoms with Crippen LogP contribution in [0.4, 0.5) is 8.78 Å². The third kappa shape index (κ3) is 2.24. The van der Waals surface area contributed by atoms with Crippen LogP contribution in [0.3, 0.4) is 0 Å². The average molecular weight is 288 g/mol. The van der Waals surface area contributed by atoms with Crippen LogP contribution in [0.5, 0.6) is 0 Å². The lowest BCUT2D eigenvalue weighted by atomic mass is 10.2. The molecule has 0 saturated heterocycles. The first-order valence-corrected chi connectivity index (χ1v) is 6.12. The van der Waals surface area contributed by atoms with Gasteiger partial charge in [0.15, 0.2) is 0 Å². The van der Waals surface area contributed by atoms with Gasteiger partial charge in [-0.1, -0.05) is 0 Å². The van der Waals surface area contributed by atoms with E-state index >= 15 is 0 Å². The first kappa shape index (κ1) is 13.2. The summed E-state index contributed by atoms with van der Waals surface area (Å²) >= 11 is 0. The molecule has 3 rings (SSSR count). The first-order chi connectivity index (χ1) is 9.95. The van der Waals surface area contributed by atoms with Crippen molar-refractivity contribution in [3.8, 4) is 11.4 Å². The molecule has 0 aliphatic heterocycles. The van der Waals surface area contributed by atoms with Gasteiger partial charge in [-0.15, -0.1) is 0 Å². The highest BCUT2D eigenvalue weighted by Crippen LogP contribution is 2.25. The van der Waals surface area contributed by atoms with Crippen molar-refractivity contribution in [2.24, 2.45) is 7.05 Å². The number of carboxylic acids is 1. The zero-order chi connectivity index (χ0) is 15.1. The van der Waals surface area contributed by atoms with E-state index in [4.69, 9.17) is 5.11 Å². The van der Waals surface area contributed by atoms with E-state index in [0.29, 0.717) is 22.4 Å². The van der Waals surface area contributed by atoms with Gasteiger partial charge in [0.1, 0.15) is 17.5 Å². The molecule has 4 nitrogen and oxygen atoms in total. The van der Waals surface area contributed by atoms with Crippen LogP contribution in [0.15, 0.2) is 36.4 Å². The molecule has 0 saturated carbocycles. The van der Waals surface area contributed by atoms with E-state index in [1.807, 2.05) is 0 Å². The summed E-state index contributed by atoms with van der Waals surface area (Å²) in [6, 6.07) is 7.66. The highest BCUT2D eigenvalue weighted by atomic mass is 19.1. The van der Waals surface area contributed by atoms with Crippen LogP contribution in [-0.2, 0) is 7.05 Å². The third-order valence-electron chi connectivity index (χ3n) is 3.25. The fraction of sp³-hybridized carbons (Fsp3) is 0.0667. The van der Waals surface area contributed by atoms with Crippen molar-refractivity contribution in [1.29, 1.82) is 0 Å². The molecule has 21 heavy (non-hydrogen) atoms. The van der Waals surface area contributed by atoms with Crippen molar-refractivity contribution in [2.45, 2.75) is 0 Å². The monoisotopic (exact) mass is 288 g/mol. The molecule has 0 atom stereocenters. The second-order valence-corrected chi connectivity index (χ2v) is 4.66. The summed E-state index contributed by atoms with van der Waals surface area (Å²) in [5, 5.41) is 8.98. The van der Waals surface area contributed by atoms with E-state index in [1.165, 1.54) is 24.3 Å². The van der Waals surface area contributed by atoms with Gasteiger partial charge in [0.05, 0.1) is 16.6 Å². The number of imidazole rings is 1. The van der Waals surface area contributed by atoms with Crippen LogP contribution in [-0.4, -0.2) is 20.6 Å². The van der Waals surface area contributed by atoms with E-state index in [9.17, 15) is 13.6 Å². The van der Waals surface area contributed by atoms with Gasteiger partial charge >= 0.3 is 5.97 Å². The molecule has 6 heteroatoms. The number of hydrogen-bond acceptors (Lipinski definition) is 2. The molecule has 0 aliphatic carbocycles. The zero-order valence-corrected chi connectivity index (χ0v) is 11.0. The molecular weight excluding hydrogens is 278 g/mol. The van der Waals surface area contributed by atoms with Gasteiger partial charge in [0, 0.05) is 18.7 Å². The lowest BCUT2D eigenvalue weighted by Gasteiger charge is -2.03. The van der Waals surface area contributed by atoms with Gasteiger partial charge in [-0.05, 0) is 30.3 Å². The normalized spacial score (nSPS) is 11.0. The molecule has 1 aromatic heterocycles. The number of hydrogen-bond donors (Lipinski definition) is 1. The molecule has 1 heterocycles. The highest BCUT2D eigenvalue weighted by Gasteiger charge is 2.13. The molecule has 0 spiro atoms. The summed E-state index contributed by atoms with van der Waals surface area (Å²) in [4.78, 5) is 15.2. The number of fused-ring (bicyclic) bond motifs is 1. The minimum absolute atomic E-state index is 0.109. The van der Waals surface area contributed by atoms with Gasteiger partial charge in [-0.2, -0.15) is 0 Å². The Morgan fingerprint density at radius 3 is 2.43 bits per heavy atom. The van der Waals surface area contributed by atoms with Crippen molar-refractivity contribution >= 4 is 17.0 Å². The van der Waals surface area contributed by atoms with Gasteiger partial charge < -0.3 is 9.67 Å². The SMILES string of the molecule is Cn1c(-c2cc(F)cc(F)c2)nc2cc(C(=O)O)ccc21. The summed E-state index contributed by atoms with van der Waals surface area (Å²) in [7, 11) is 1.70. The lowest BCUT2D eigenvalue weighted by Crippen LogP contribution is -1.96. The number of aromatic carboxylic acids is 1. The number of carboxylic acid groups (broad SMARTS) is 1. The second kappa shape index (κ2) is 4.66. The standard InChI is InChI=1S/C15H10F2N2O2/c1-19-13-3-2-8(15(20)21)6-12(13)18-14(19)9-4-10(16)7-11(17)5-9/h2-7H,1H3,(H,20,21). The van der Waals surface area contributed by atoms with Crippen LogP contribution in [0.25, 0.3) is 22.4 Å². The summed E-state index contributed by atoms with van der Waals surface area (Å²) in [5.41, 5.74) is 1.54. The predicted molar refractivity (Wildman–Crippen MR) is 73.0 cm³/mol. The Hall–Kier alpha value is -2.76. The Kier molecular flexibility index (Phi) is 2.94. The van der Waals surface area contributed by atoms with Gasteiger partial charge in [0.25, 0.3) is 0 Å². The van der Waals surface area contributed by atoms with Crippen molar-refractivity contribution in [1.82, 2.24) is 9.55 Å². The van der Waals surface area contributed by atoms with E-state index < -0.39 is 17.6 Å². The minimum Gasteiger partial charge on any atom is -0.478 e. The fourth-order valence-corrected chi connectivity index (χ4v) is 2.27. The molecule has 2 aromatic carbocycles. The summed E-state index contributed by atoms with van der Waals surface area (Å²) in [6.07, 6.45) is 0. The number of nitrogens with zero attached hydrogens (tertiary/aromatic N) is 2. The summed E-state index contributed by atoms with van der Waals surface area (Å²) < 4.78 is 28.3. The molecular formula is C15H10F2N2O2. The molecule has 106 valence electrons. The Morgan fingerprint density at radius 2 is 1.81 bits per heavy atom. The number of halogens is 2. The maximum absolute atomic E-state index is 13.3.